The summed E-state index contributed by atoms with van der Waals surface area (Å²) in [6.45, 7) is 1.98. The number of nitrogens with zero attached hydrogens (tertiary/aromatic N) is 3. The van der Waals surface area contributed by atoms with Gasteiger partial charge < -0.3 is 26.4 Å². The summed E-state index contributed by atoms with van der Waals surface area (Å²) in [6.07, 6.45) is 1.70. The third-order valence-electron chi connectivity index (χ3n) is 10.0. The van der Waals surface area contributed by atoms with Crippen LogP contribution in [0.3, 0.4) is 0 Å². The van der Waals surface area contributed by atoms with Crippen molar-refractivity contribution in [2.75, 3.05) is 21.3 Å². The maximum Gasteiger partial charge on any atom is 0.259 e. The van der Waals surface area contributed by atoms with Crippen molar-refractivity contribution in [1.82, 2.24) is 0 Å². The van der Waals surface area contributed by atoms with Crippen LogP contribution < -0.4 is 21.3 Å². The van der Waals surface area contributed by atoms with E-state index in [1.807, 2.05) is 85.8 Å². The molecule has 8 aromatic rings. The maximum absolute atomic E-state index is 13.9. The molecule has 8 nitrogen and oxygen atoms in total. The number of phenolic OH excluding ortho intramolecular Hbond substituents is 1. The lowest BCUT2D eigenvalue weighted by atomic mass is 9.98. The fourth-order valence-electron chi connectivity index (χ4n) is 6.97. The van der Waals surface area contributed by atoms with Crippen LogP contribution in [0.15, 0.2) is 192 Å². The highest BCUT2D eigenvalue weighted by molar-refractivity contribution is 6.14. The fraction of sp³-hybridized carbons (Fsp3) is 0.0600. The van der Waals surface area contributed by atoms with Crippen LogP contribution in [0.2, 0.25) is 0 Å². The zero-order chi connectivity index (χ0) is 39.8. The van der Waals surface area contributed by atoms with Gasteiger partial charge in [0.2, 0.25) is 0 Å². The fourth-order valence-corrected chi connectivity index (χ4v) is 6.97. The van der Waals surface area contributed by atoms with Gasteiger partial charge in [-0.15, -0.1) is 5.11 Å². The summed E-state index contributed by atoms with van der Waals surface area (Å²) < 4.78 is 0. The first-order chi connectivity index (χ1) is 28.4. The predicted molar refractivity (Wildman–Crippen MR) is 238 cm³/mol. The third kappa shape index (κ3) is 8.41. The highest BCUT2D eigenvalue weighted by Gasteiger charge is 2.22. The number of phenols is 1. The van der Waals surface area contributed by atoms with Crippen molar-refractivity contribution >= 4 is 67.9 Å². The normalized spacial score (nSPS) is 11.1. The number of nitrogens with two attached hydrogens (primary N) is 1. The Morgan fingerprint density at radius 2 is 1.17 bits per heavy atom. The van der Waals surface area contributed by atoms with Gasteiger partial charge in [0.25, 0.3) is 5.91 Å². The number of fused-ring (bicyclic) bond motifs is 1. The number of anilines is 7. The summed E-state index contributed by atoms with van der Waals surface area (Å²) in [4.78, 5) is 16.1. The van der Waals surface area contributed by atoms with Crippen molar-refractivity contribution in [1.29, 1.82) is 0 Å². The minimum atomic E-state index is -0.464. The van der Waals surface area contributed by atoms with Crippen LogP contribution in [-0.2, 0) is 12.8 Å². The average Bonchev–Trinajstić information content (AvgIpc) is 3.26. The van der Waals surface area contributed by atoms with Crippen molar-refractivity contribution in [2.45, 2.75) is 19.8 Å². The Morgan fingerprint density at radius 3 is 1.78 bits per heavy atom. The summed E-state index contributed by atoms with van der Waals surface area (Å²) >= 11 is 0. The van der Waals surface area contributed by atoms with Gasteiger partial charge >= 0.3 is 0 Å². The maximum atomic E-state index is 13.9. The Bertz CT molecular complexity index is 2650. The van der Waals surface area contributed by atoms with Crippen LogP contribution in [0.4, 0.5) is 51.2 Å². The largest absolute Gasteiger partial charge is 0.505 e. The molecule has 8 heteroatoms. The highest BCUT2D eigenvalue weighted by atomic mass is 16.3. The molecule has 0 aliphatic rings. The Balaban J connectivity index is 1.00. The third-order valence-corrected chi connectivity index (χ3v) is 10.0. The van der Waals surface area contributed by atoms with Crippen LogP contribution >= 0.6 is 0 Å². The lowest BCUT2D eigenvalue weighted by molar-refractivity contribution is 0.102. The second-order valence-electron chi connectivity index (χ2n) is 14.1. The molecule has 0 bridgehead atoms. The number of aromatic hydroxyl groups is 1. The molecule has 1 amide bonds. The van der Waals surface area contributed by atoms with Gasteiger partial charge in [0, 0.05) is 39.5 Å². The van der Waals surface area contributed by atoms with E-state index in [9.17, 15) is 9.90 Å². The molecule has 0 aliphatic carbocycles. The van der Waals surface area contributed by atoms with Gasteiger partial charge in [-0.05, 0) is 133 Å². The molecule has 0 unspecified atom stereocenters. The first-order valence-corrected chi connectivity index (χ1v) is 19.2. The van der Waals surface area contributed by atoms with Crippen LogP contribution in [-0.4, -0.2) is 11.0 Å². The molecular weight excluding hydrogens is 717 g/mol. The summed E-state index contributed by atoms with van der Waals surface area (Å²) in [5.74, 6) is -0.737. The number of nitrogens with one attached hydrogen (secondary N) is 2. The van der Waals surface area contributed by atoms with Gasteiger partial charge in [-0.3, -0.25) is 4.79 Å². The lowest BCUT2D eigenvalue weighted by Gasteiger charge is -2.25. The van der Waals surface area contributed by atoms with E-state index >= 15 is 0 Å². The molecule has 8 rings (SSSR count). The molecule has 0 atom stereocenters. The van der Waals surface area contributed by atoms with E-state index in [0.717, 1.165) is 57.8 Å². The summed E-state index contributed by atoms with van der Waals surface area (Å²) in [6, 6.07) is 59.6. The Morgan fingerprint density at radius 1 is 0.621 bits per heavy atom. The first kappa shape index (κ1) is 37.2. The topological polar surface area (TPSA) is 115 Å². The number of benzene rings is 8. The van der Waals surface area contributed by atoms with Gasteiger partial charge in [0.1, 0.15) is 5.69 Å². The molecule has 0 aromatic heterocycles. The minimum absolute atomic E-state index is 0.0823. The molecule has 0 fully saturated rings. The smallest absolute Gasteiger partial charge is 0.259 e. The molecule has 0 radical (unpaired) electrons. The van der Waals surface area contributed by atoms with Crippen LogP contribution in [0, 0.1) is 6.92 Å². The number of rotatable bonds is 12. The molecule has 0 aliphatic heterocycles. The molecule has 284 valence electrons. The number of amides is 1. The summed E-state index contributed by atoms with van der Waals surface area (Å²) in [5, 5.41) is 28.5. The zero-order valence-electron chi connectivity index (χ0n) is 32.0. The van der Waals surface area contributed by atoms with Gasteiger partial charge in [-0.25, -0.2) is 0 Å². The molecule has 58 heavy (non-hydrogen) atoms. The zero-order valence-corrected chi connectivity index (χ0v) is 32.0. The number of aryl methyl sites for hydroxylation is 3. The van der Waals surface area contributed by atoms with Gasteiger partial charge in [-0.1, -0.05) is 91.0 Å². The molecule has 0 saturated heterocycles. The second kappa shape index (κ2) is 17.0. The van der Waals surface area contributed by atoms with Gasteiger partial charge in [0.15, 0.2) is 5.75 Å². The van der Waals surface area contributed by atoms with E-state index in [0.29, 0.717) is 22.4 Å². The summed E-state index contributed by atoms with van der Waals surface area (Å²) in [7, 11) is 0. The molecule has 5 N–H and O–H groups in total. The van der Waals surface area contributed by atoms with E-state index in [4.69, 9.17) is 5.73 Å². The molecule has 0 spiro atoms. The van der Waals surface area contributed by atoms with Gasteiger partial charge in [0.05, 0.1) is 16.9 Å². The van der Waals surface area contributed by atoms with E-state index in [1.54, 1.807) is 30.3 Å². The first-order valence-electron chi connectivity index (χ1n) is 19.2. The van der Waals surface area contributed by atoms with E-state index < -0.39 is 5.91 Å². The number of carbonyl (C=O) groups excluding carboxylic acids is 1. The SMILES string of the molecule is Cc1ccc2cc(C(=O)Nc3ccc(CCc4ccc(N(c5ccccc5)c5ccccc5)cc4)cc3)c(O)c(N=Nc3ccc(N)cc3)c2c1Nc1ccccc1. The quantitative estimate of drug-likeness (QED) is 0.0731. The number of azo groups is 1. The van der Waals surface area contributed by atoms with Crippen molar-refractivity contribution < 1.29 is 9.90 Å². The lowest BCUT2D eigenvalue weighted by Crippen LogP contribution is -2.12. The van der Waals surface area contributed by atoms with E-state index in [-0.39, 0.29) is 17.0 Å². The van der Waals surface area contributed by atoms with Gasteiger partial charge in [-0.2, -0.15) is 5.11 Å². The van der Waals surface area contributed by atoms with Crippen molar-refractivity contribution in [3.8, 4) is 5.75 Å². The van der Waals surface area contributed by atoms with Crippen molar-refractivity contribution in [3.63, 3.8) is 0 Å². The minimum Gasteiger partial charge on any atom is -0.505 e. The van der Waals surface area contributed by atoms with Crippen molar-refractivity contribution in [3.05, 3.63) is 204 Å². The average molecular weight is 759 g/mol. The highest BCUT2D eigenvalue weighted by Crippen LogP contribution is 2.45. The van der Waals surface area contributed by atoms with E-state index in [1.165, 1.54) is 5.56 Å². The molecule has 0 saturated carbocycles. The van der Waals surface area contributed by atoms with Crippen molar-refractivity contribution in [2.24, 2.45) is 10.2 Å². The Labute approximate surface area is 338 Å². The number of hydrogen-bond acceptors (Lipinski definition) is 7. The monoisotopic (exact) mass is 758 g/mol. The molecule has 0 heterocycles. The standard InChI is InChI=1S/C50H42N6O2/c1-34-17-24-37-33-45(49(57)48(55-54-41-29-25-38(51)26-30-41)46(37)47(34)52-39-11-5-2-6-12-39)50(58)53-40-27-20-35(21-28-40)18-19-36-22-31-44(32-23-36)56(42-13-7-3-8-14-42)43-15-9-4-10-16-43/h2-17,20-33,52,57H,18-19,51H2,1H3,(H,53,58). The second-order valence-corrected chi connectivity index (χ2v) is 14.1. The van der Waals surface area contributed by atoms with Crippen LogP contribution in [0.1, 0.15) is 27.0 Å². The Hall–Kier alpha value is -7.71. The van der Waals surface area contributed by atoms with Crippen LogP contribution in [0.5, 0.6) is 5.75 Å². The van der Waals surface area contributed by atoms with E-state index in [2.05, 4.69) is 98.6 Å². The summed E-state index contributed by atoms with van der Waals surface area (Å²) in [5.41, 5.74) is 16.1. The molecule has 8 aromatic carbocycles. The number of para-hydroxylation sites is 3. The predicted octanol–water partition coefficient (Wildman–Crippen LogP) is 13.1. The number of carbonyl (C=O) groups is 1. The van der Waals surface area contributed by atoms with Crippen LogP contribution in [0.25, 0.3) is 10.8 Å². The number of hydrogen-bond donors (Lipinski definition) is 4. The Kier molecular flexibility index (Phi) is 10.9. The molecular formula is C50H42N6O2. The number of nitrogen functional groups attached to an aromatic ring is 1.